The number of hydrogen-bond acceptors (Lipinski definition) is 3. The molecule has 1 rings (SSSR count). The largest absolute Gasteiger partial charge is 0.274 e. The lowest BCUT2D eigenvalue weighted by atomic mass is 10.1. The Hall–Kier alpha value is -1.40. The lowest BCUT2D eigenvalue weighted by Crippen LogP contribution is -2.42. The van der Waals surface area contributed by atoms with Gasteiger partial charge in [-0.15, -0.1) is 4.83 Å². The van der Waals surface area contributed by atoms with Crippen LogP contribution in [0.3, 0.4) is 0 Å². The van der Waals surface area contributed by atoms with Crippen LogP contribution in [-0.2, 0) is 10.0 Å². The molecule has 1 aromatic carbocycles. The Labute approximate surface area is 94.9 Å². The Bertz CT molecular complexity index is 465. The molecule has 0 fully saturated rings. The molecule has 1 aromatic rings. The molecular formula is C10H14N2O3S. The van der Waals surface area contributed by atoms with Gasteiger partial charge in [0.1, 0.15) is 0 Å². The number of carbonyl (C=O) groups is 1. The summed E-state index contributed by atoms with van der Waals surface area (Å²) in [7, 11) is -3.41. The van der Waals surface area contributed by atoms with Crippen LogP contribution in [0.5, 0.6) is 0 Å². The third kappa shape index (κ3) is 3.63. The number of carbonyl (C=O) groups excluding carboxylic acids is 1. The van der Waals surface area contributed by atoms with Gasteiger partial charge in [-0.1, -0.05) is 17.7 Å². The van der Waals surface area contributed by atoms with Crippen molar-refractivity contribution >= 4 is 15.9 Å². The fourth-order valence-electron chi connectivity index (χ4n) is 0.973. The van der Waals surface area contributed by atoms with E-state index in [0.717, 1.165) is 5.56 Å². The van der Waals surface area contributed by atoms with Gasteiger partial charge in [-0.05, 0) is 26.0 Å². The minimum Gasteiger partial charge on any atom is -0.274 e. The molecule has 5 nitrogen and oxygen atoms in total. The fraction of sp³-hybridized carbons (Fsp3) is 0.300. The van der Waals surface area contributed by atoms with Crippen molar-refractivity contribution in [1.82, 2.24) is 10.3 Å². The van der Waals surface area contributed by atoms with E-state index in [1.807, 2.05) is 11.8 Å². The van der Waals surface area contributed by atoms with Crippen molar-refractivity contribution in [1.29, 1.82) is 0 Å². The molecule has 88 valence electrons. The van der Waals surface area contributed by atoms with Gasteiger partial charge in [-0.3, -0.25) is 10.2 Å². The van der Waals surface area contributed by atoms with E-state index in [4.69, 9.17) is 0 Å². The zero-order valence-corrected chi connectivity index (χ0v) is 9.97. The second kappa shape index (κ2) is 5.09. The van der Waals surface area contributed by atoms with Gasteiger partial charge in [-0.25, -0.2) is 8.42 Å². The van der Waals surface area contributed by atoms with Crippen LogP contribution in [0, 0.1) is 6.92 Å². The third-order valence-corrected chi connectivity index (χ3v) is 3.19. The van der Waals surface area contributed by atoms with Gasteiger partial charge in [0.05, 0.1) is 5.75 Å². The quantitative estimate of drug-likeness (QED) is 0.758. The Kier molecular flexibility index (Phi) is 4.03. The summed E-state index contributed by atoms with van der Waals surface area (Å²) in [5, 5.41) is 0. The zero-order valence-electron chi connectivity index (χ0n) is 9.15. The number of benzene rings is 1. The first-order valence-corrected chi connectivity index (χ1v) is 6.46. The van der Waals surface area contributed by atoms with Crippen molar-refractivity contribution in [3.63, 3.8) is 0 Å². The number of aryl methyl sites for hydroxylation is 1. The summed E-state index contributed by atoms with van der Waals surface area (Å²) < 4.78 is 22.1. The summed E-state index contributed by atoms with van der Waals surface area (Å²) >= 11 is 0. The highest BCUT2D eigenvalue weighted by Gasteiger charge is 2.09. The molecule has 0 saturated carbocycles. The predicted octanol–water partition coefficient (Wildman–Crippen LogP) is 0.579. The number of hydrogen-bond donors (Lipinski definition) is 2. The van der Waals surface area contributed by atoms with E-state index in [2.05, 4.69) is 5.43 Å². The van der Waals surface area contributed by atoms with Crippen LogP contribution in [0.4, 0.5) is 0 Å². The summed E-state index contributed by atoms with van der Waals surface area (Å²) in [6.07, 6.45) is 0. The molecule has 0 saturated heterocycles. The molecule has 0 bridgehead atoms. The van der Waals surface area contributed by atoms with Crippen molar-refractivity contribution in [3.8, 4) is 0 Å². The molecule has 6 heteroatoms. The molecule has 0 radical (unpaired) electrons. The van der Waals surface area contributed by atoms with E-state index in [-0.39, 0.29) is 5.75 Å². The second-order valence-electron chi connectivity index (χ2n) is 3.33. The van der Waals surface area contributed by atoms with Gasteiger partial charge >= 0.3 is 0 Å². The zero-order chi connectivity index (χ0) is 12.2. The van der Waals surface area contributed by atoms with Gasteiger partial charge in [0, 0.05) is 5.56 Å². The molecule has 0 atom stereocenters. The second-order valence-corrected chi connectivity index (χ2v) is 5.34. The van der Waals surface area contributed by atoms with Gasteiger partial charge in [0.2, 0.25) is 10.0 Å². The average Bonchev–Trinajstić information content (AvgIpc) is 2.27. The van der Waals surface area contributed by atoms with Crippen LogP contribution in [0.15, 0.2) is 24.3 Å². The Balaban J connectivity index is 2.63. The maximum absolute atomic E-state index is 11.5. The van der Waals surface area contributed by atoms with Crippen LogP contribution in [0.1, 0.15) is 22.8 Å². The maximum atomic E-state index is 11.5. The minimum atomic E-state index is -3.41. The van der Waals surface area contributed by atoms with E-state index in [1.165, 1.54) is 6.92 Å². The van der Waals surface area contributed by atoms with E-state index >= 15 is 0 Å². The Morgan fingerprint density at radius 2 is 1.81 bits per heavy atom. The summed E-state index contributed by atoms with van der Waals surface area (Å²) in [4.78, 5) is 13.5. The van der Waals surface area contributed by atoms with E-state index < -0.39 is 15.9 Å². The first kappa shape index (κ1) is 12.7. The van der Waals surface area contributed by atoms with E-state index in [1.54, 1.807) is 24.3 Å². The molecule has 0 heterocycles. The van der Waals surface area contributed by atoms with Crippen LogP contribution in [-0.4, -0.2) is 20.1 Å². The number of hydrazine groups is 1. The SMILES string of the molecule is CCS(=O)(=O)NNC(=O)c1ccc(C)cc1. The number of amides is 1. The van der Waals surface area contributed by atoms with Crippen molar-refractivity contribution < 1.29 is 13.2 Å². The molecule has 0 aliphatic carbocycles. The van der Waals surface area contributed by atoms with Crippen LogP contribution in [0.2, 0.25) is 0 Å². The summed E-state index contributed by atoms with van der Waals surface area (Å²) in [5.41, 5.74) is 3.57. The van der Waals surface area contributed by atoms with Gasteiger partial charge in [0.25, 0.3) is 5.91 Å². The van der Waals surface area contributed by atoms with E-state index in [9.17, 15) is 13.2 Å². The molecule has 1 amide bonds. The first-order valence-electron chi connectivity index (χ1n) is 4.81. The smallest absolute Gasteiger partial charge is 0.266 e. The molecule has 0 unspecified atom stereocenters. The molecule has 0 aliphatic heterocycles. The highest BCUT2D eigenvalue weighted by molar-refractivity contribution is 7.89. The lowest BCUT2D eigenvalue weighted by molar-refractivity contribution is 0.0945. The standard InChI is InChI=1S/C10H14N2O3S/c1-3-16(14,15)12-11-10(13)9-6-4-8(2)5-7-9/h4-7,12H,3H2,1-2H3,(H,11,13). The highest BCUT2D eigenvalue weighted by atomic mass is 32.2. The van der Waals surface area contributed by atoms with Crippen LogP contribution in [0.25, 0.3) is 0 Å². The van der Waals surface area contributed by atoms with Crippen molar-refractivity contribution in [2.45, 2.75) is 13.8 Å². The molecule has 0 aliphatic rings. The Morgan fingerprint density at radius 1 is 1.25 bits per heavy atom. The third-order valence-electron chi connectivity index (χ3n) is 2.01. The summed E-state index contributed by atoms with van der Waals surface area (Å²) in [5.74, 6) is -0.557. The maximum Gasteiger partial charge on any atom is 0.266 e. The molecule has 2 N–H and O–H groups in total. The number of nitrogens with one attached hydrogen (secondary N) is 2. The average molecular weight is 242 g/mol. The molecule has 16 heavy (non-hydrogen) atoms. The van der Waals surface area contributed by atoms with Gasteiger partial charge in [0.15, 0.2) is 0 Å². The molecule has 0 aromatic heterocycles. The van der Waals surface area contributed by atoms with Gasteiger partial charge in [-0.2, -0.15) is 0 Å². The van der Waals surface area contributed by atoms with Crippen molar-refractivity contribution in [2.24, 2.45) is 0 Å². The Morgan fingerprint density at radius 3 is 2.31 bits per heavy atom. The lowest BCUT2D eigenvalue weighted by Gasteiger charge is -2.06. The molecular weight excluding hydrogens is 228 g/mol. The number of rotatable bonds is 4. The normalized spacial score (nSPS) is 11.1. The highest BCUT2D eigenvalue weighted by Crippen LogP contribution is 2.02. The van der Waals surface area contributed by atoms with Crippen molar-refractivity contribution in [2.75, 3.05) is 5.75 Å². The van der Waals surface area contributed by atoms with E-state index in [0.29, 0.717) is 5.56 Å². The van der Waals surface area contributed by atoms with Crippen LogP contribution >= 0.6 is 0 Å². The summed E-state index contributed by atoms with van der Waals surface area (Å²) in [6.45, 7) is 3.39. The minimum absolute atomic E-state index is 0.0822. The van der Waals surface area contributed by atoms with Gasteiger partial charge < -0.3 is 0 Å². The summed E-state index contributed by atoms with van der Waals surface area (Å²) in [6, 6.07) is 6.82. The van der Waals surface area contributed by atoms with Crippen molar-refractivity contribution in [3.05, 3.63) is 35.4 Å². The van der Waals surface area contributed by atoms with Crippen LogP contribution < -0.4 is 10.3 Å². The topological polar surface area (TPSA) is 75.3 Å². The monoisotopic (exact) mass is 242 g/mol. The molecule has 0 spiro atoms. The fourth-order valence-corrected chi connectivity index (χ4v) is 1.37. The first-order chi connectivity index (χ1) is 7.44. The predicted molar refractivity (Wildman–Crippen MR) is 61.2 cm³/mol. The number of sulfonamides is 1.